The van der Waals surface area contributed by atoms with Crippen LogP contribution in [0.3, 0.4) is 0 Å². The minimum absolute atomic E-state index is 0.0594. The van der Waals surface area contributed by atoms with Gasteiger partial charge in [-0.2, -0.15) is 5.10 Å². The molecule has 2 aliphatic rings. The topological polar surface area (TPSA) is 53.5 Å². The maximum Gasteiger partial charge on any atom is 0.267 e. The van der Waals surface area contributed by atoms with Gasteiger partial charge in [0.1, 0.15) is 5.04 Å². The molecule has 1 amide bonds. The number of carbonyl (C=O) groups excluding carboxylic acids is 1. The maximum atomic E-state index is 12.6. The van der Waals surface area contributed by atoms with Crippen molar-refractivity contribution in [3.05, 3.63) is 64.7 Å². The fourth-order valence-corrected chi connectivity index (χ4v) is 3.98. The Hall–Kier alpha value is -2.27. The van der Waals surface area contributed by atoms with Crippen LogP contribution in [0, 0.1) is 13.8 Å². The number of aryl methyl sites for hydroxylation is 1. The lowest BCUT2D eigenvalue weighted by Gasteiger charge is -2.20. The normalized spacial score (nSPS) is 22.3. The molecule has 0 radical (unpaired) electrons. The number of fused-ring (bicyclic) bond motifs is 2. The molecule has 110 valence electrons. The summed E-state index contributed by atoms with van der Waals surface area (Å²) in [7, 11) is 0. The van der Waals surface area contributed by atoms with Crippen molar-refractivity contribution in [3.8, 4) is 0 Å². The second-order valence-electron chi connectivity index (χ2n) is 5.56. The van der Waals surface area contributed by atoms with Crippen LogP contribution in [0.4, 0.5) is 5.69 Å². The van der Waals surface area contributed by atoms with E-state index in [4.69, 9.17) is 0 Å². The third kappa shape index (κ3) is 1.72. The molecule has 2 aromatic rings. The Balaban J connectivity index is 1.77. The van der Waals surface area contributed by atoms with Gasteiger partial charge in [0.15, 0.2) is 0 Å². The van der Waals surface area contributed by atoms with E-state index >= 15 is 0 Å². The lowest BCUT2D eigenvalue weighted by Crippen LogP contribution is -2.39. The van der Waals surface area contributed by atoms with Gasteiger partial charge in [-0.05, 0) is 25.0 Å². The number of nitrogens with one attached hydrogen (secondary N) is 2. The number of hydrogen-bond acceptors (Lipinski definition) is 4. The van der Waals surface area contributed by atoms with E-state index in [1.54, 1.807) is 0 Å². The third-order valence-electron chi connectivity index (χ3n) is 4.26. The molecule has 2 aromatic carbocycles. The molecular weight excluding hydrogens is 294 g/mol. The molecule has 2 heterocycles. The van der Waals surface area contributed by atoms with Crippen LogP contribution in [0.25, 0.3) is 0 Å². The van der Waals surface area contributed by atoms with Crippen molar-refractivity contribution in [2.45, 2.75) is 18.7 Å². The van der Waals surface area contributed by atoms with Gasteiger partial charge in [-0.1, -0.05) is 54.2 Å². The average Bonchev–Trinajstić information content (AvgIpc) is 3.09. The fraction of sp³-hybridized carbons (Fsp3) is 0.176. The van der Waals surface area contributed by atoms with Crippen molar-refractivity contribution in [2.75, 3.05) is 5.32 Å². The molecule has 22 heavy (non-hydrogen) atoms. The monoisotopic (exact) mass is 309 g/mol. The van der Waals surface area contributed by atoms with Crippen LogP contribution in [0.15, 0.2) is 47.6 Å². The highest BCUT2D eigenvalue weighted by molar-refractivity contribution is 8.16. The molecule has 0 aliphatic carbocycles. The highest BCUT2D eigenvalue weighted by Gasteiger charge is 2.52. The van der Waals surface area contributed by atoms with Crippen molar-refractivity contribution < 1.29 is 4.79 Å². The Bertz CT molecular complexity index is 816. The van der Waals surface area contributed by atoms with Crippen molar-refractivity contribution in [1.82, 2.24) is 5.43 Å². The van der Waals surface area contributed by atoms with Crippen LogP contribution >= 0.6 is 11.8 Å². The van der Waals surface area contributed by atoms with Gasteiger partial charge in [0.25, 0.3) is 5.91 Å². The highest BCUT2D eigenvalue weighted by atomic mass is 32.2. The van der Waals surface area contributed by atoms with Crippen molar-refractivity contribution in [1.29, 1.82) is 0 Å². The number of thioether (sulfide) groups is 1. The van der Waals surface area contributed by atoms with Gasteiger partial charge >= 0.3 is 0 Å². The largest absolute Gasteiger partial charge is 0.322 e. The Morgan fingerprint density at radius 1 is 1.09 bits per heavy atom. The molecule has 5 heteroatoms. The van der Waals surface area contributed by atoms with Gasteiger partial charge in [-0.3, -0.25) is 10.2 Å². The summed E-state index contributed by atoms with van der Waals surface area (Å²) < 4.78 is 0. The zero-order chi connectivity index (χ0) is 15.3. The number of hydrogen-bond donors (Lipinski definition) is 2. The molecule has 2 aliphatic heterocycles. The molecule has 4 rings (SSSR count). The SMILES string of the molecule is Cc1ccc2c(c1C)NC(=O)[C@@]21NN=C(c2ccccc2)S1. The average molecular weight is 309 g/mol. The number of hydrazone groups is 1. The van der Waals surface area contributed by atoms with Crippen LogP contribution in [0.1, 0.15) is 22.3 Å². The van der Waals surface area contributed by atoms with Gasteiger partial charge in [-0.15, -0.1) is 0 Å². The van der Waals surface area contributed by atoms with E-state index in [1.165, 1.54) is 17.3 Å². The molecule has 1 spiro atoms. The zero-order valence-corrected chi connectivity index (χ0v) is 13.1. The minimum Gasteiger partial charge on any atom is -0.322 e. The first-order valence-corrected chi connectivity index (χ1v) is 7.95. The van der Waals surface area contributed by atoms with Gasteiger partial charge in [-0.25, -0.2) is 0 Å². The number of amides is 1. The summed E-state index contributed by atoms with van der Waals surface area (Å²) in [6, 6.07) is 14.0. The van der Waals surface area contributed by atoms with Gasteiger partial charge in [0, 0.05) is 11.1 Å². The number of benzene rings is 2. The molecule has 2 N–H and O–H groups in total. The smallest absolute Gasteiger partial charge is 0.267 e. The predicted octanol–water partition coefficient (Wildman–Crippen LogP) is 3.11. The van der Waals surface area contributed by atoms with Gasteiger partial charge in [0.2, 0.25) is 4.87 Å². The lowest BCUT2D eigenvalue weighted by atomic mass is 10.0. The first-order chi connectivity index (χ1) is 10.6. The highest BCUT2D eigenvalue weighted by Crippen LogP contribution is 2.49. The van der Waals surface area contributed by atoms with Crippen molar-refractivity contribution in [3.63, 3.8) is 0 Å². The molecule has 4 nitrogen and oxygen atoms in total. The number of nitrogens with zero attached hydrogens (tertiary/aromatic N) is 1. The van der Waals surface area contributed by atoms with E-state index in [2.05, 4.69) is 21.9 Å². The van der Waals surface area contributed by atoms with Gasteiger partial charge in [0.05, 0.1) is 5.69 Å². The summed E-state index contributed by atoms with van der Waals surface area (Å²) >= 11 is 1.47. The van der Waals surface area contributed by atoms with E-state index in [0.29, 0.717) is 0 Å². The van der Waals surface area contributed by atoms with E-state index in [-0.39, 0.29) is 5.91 Å². The summed E-state index contributed by atoms with van der Waals surface area (Å²) in [5.74, 6) is -0.0594. The Labute approximate surface area is 133 Å². The van der Waals surface area contributed by atoms with Crippen LogP contribution in [-0.2, 0) is 9.67 Å². The van der Waals surface area contributed by atoms with E-state index in [1.807, 2.05) is 50.2 Å². The van der Waals surface area contributed by atoms with Crippen LogP contribution in [0.2, 0.25) is 0 Å². The molecule has 0 aromatic heterocycles. The zero-order valence-electron chi connectivity index (χ0n) is 12.3. The maximum absolute atomic E-state index is 12.6. The Kier molecular flexibility index (Phi) is 2.81. The molecule has 0 saturated heterocycles. The first kappa shape index (κ1) is 13.4. The Morgan fingerprint density at radius 2 is 1.86 bits per heavy atom. The number of rotatable bonds is 1. The summed E-state index contributed by atoms with van der Waals surface area (Å²) in [5.41, 5.74) is 8.24. The second kappa shape index (κ2) is 4.61. The standard InChI is InChI=1S/C17H15N3OS/c1-10-8-9-13-14(11(10)2)18-16(21)17(13)20-19-15(22-17)12-6-4-3-5-7-12/h3-9,20H,1-2H3,(H,18,21)/t17-/m1/s1. The molecule has 0 saturated carbocycles. The van der Waals surface area contributed by atoms with E-state index < -0.39 is 4.87 Å². The second-order valence-corrected chi connectivity index (χ2v) is 6.77. The fourth-order valence-electron chi connectivity index (χ4n) is 2.83. The lowest BCUT2D eigenvalue weighted by molar-refractivity contribution is -0.118. The quantitative estimate of drug-likeness (QED) is 0.851. The predicted molar refractivity (Wildman–Crippen MR) is 89.9 cm³/mol. The molecule has 0 bridgehead atoms. The number of carbonyl (C=O) groups is 1. The van der Waals surface area contributed by atoms with E-state index in [9.17, 15) is 4.79 Å². The third-order valence-corrected chi connectivity index (χ3v) is 5.58. The van der Waals surface area contributed by atoms with Crippen LogP contribution in [0.5, 0.6) is 0 Å². The number of anilines is 1. The Morgan fingerprint density at radius 3 is 2.64 bits per heavy atom. The van der Waals surface area contributed by atoms with Crippen LogP contribution < -0.4 is 10.7 Å². The molecular formula is C17H15N3OS. The summed E-state index contributed by atoms with van der Waals surface area (Å²) in [4.78, 5) is 11.8. The van der Waals surface area contributed by atoms with Crippen molar-refractivity contribution in [2.24, 2.45) is 5.10 Å². The molecule has 1 atom stereocenters. The minimum atomic E-state index is -0.848. The first-order valence-electron chi connectivity index (χ1n) is 7.13. The van der Waals surface area contributed by atoms with Gasteiger partial charge < -0.3 is 5.32 Å². The summed E-state index contributed by atoms with van der Waals surface area (Å²) in [6.45, 7) is 4.08. The summed E-state index contributed by atoms with van der Waals surface area (Å²) in [5, 5.41) is 8.26. The van der Waals surface area contributed by atoms with Crippen LogP contribution in [-0.4, -0.2) is 11.0 Å². The molecule has 0 fully saturated rings. The molecule has 0 unspecified atom stereocenters. The van der Waals surface area contributed by atoms with E-state index in [0.717, 1.165) is 27.4 Å². The summed E-state index contributed by atoms with van der Waals surface area (Å²) in [6.07, 6.45) is 0. The van der Waals surface area contributed by atoms with Crippen molar-refractivity contribution >= 4 is 28.4 Å².